The van der Waals surface area contributed by atoms with Gasteiger partial charge in [0.15, 0.2) is 0 Å². The van der Waals surface area contributed by atoms with Crippen molar-refractivity contribution in [3.63, 3.8) is 0 Å². The summed E-state index contributed by atoms with van der Waals surface area (Å²) >= 11 is 0. The van der Waals surface area contributed by atoms with E-state index in [9.17, 15) is 23.5 Å². The number of hydrogen-bond donors (Lipinski definition) is 2. The fourth-order valence-electron chi connectivity index (χ4n) is 1.77. The maximum Gasteiger partial charge on any atom is 0.352 e. The average molecular weight is 248 g/mol. The molecule has 0 aromatic heterocycles. The summed E-state index contributed by atoms with van der Waals surface area (Å²) in [6, 6.07) is 0. The highest BCUT2D eigenvalue weighted by atomic mass is 19.3. The van der Waals surface area contributed by atoms with Crippen molar-refractivity contribution in [1.82, 2.24) is 4.90 Å². The van der Waals surface area contributed by atoms with Gasteiger partial charge < -0.3 is 15.7 Å². The van der Waals surface area contributed by atoms with Crippen molar-refractivity contribution in [2.75, 3.05) is 13.1 Å². The molecular formula is C10H14F2N2O3. The Hall–Kier alpha value is -1.50. The number of piperidine rings is 1. The Kier molecular flexibility index (Phi) is 3.51. The van der Waals surface area contributed by atoms with Crippen LogP contribution in [0.2, 0.25) is 0 Å². The van der Waals surface area contributed by atoms with Crippen molar-refractivity contribution in [2.45, 2.75) is 24.4 Å². The molecule has 1 rings (SSSR count). The van der Waals surface area contributed by atoms with Crippen LogP contribution in [0.25, 0.3) is 0 Å². The third-order valence-electron chi connectivity index (χ3n) is 2.97. The van der Waals surface area contributed by atoms with Crippen LogP contribution in [0.5, 0.6) is 0 Å². The first-order valence-electron chi connectivity index (χ1n) is 5.06. The van der Waals surface area contributed by atoms with E-state index in [0.717, 1.165) is 6.08 Å². The lowest BCUT2D eigenvalue weighted by atomic mass is 9.84. The molecule has 2 amide bonds. The van der Waals surface area contributed by atoms with Gasteiger partial charge in [-0.2, -0.15) is 8.78 Å². The van der Waals surface area contributed by atoms with E-state index >= 15 is 0 Å². The molecule has 1 heterocycles. The van der Waals surface area contributed by atoms with Gasteiger partial charge in [0.05, 0.1) is 0 Å². The van der Waals surface area contributed by atoms with Crippen LogP contribution in [0, 0.1) is 0 Å². The normalized spacial score (nSPS) is 19.8. The number of nitrogens with zero attached hydrogens (tertiary/aromatic N) is 1. The van der Waals surface area contributed by atoms with Crippen LogP contribution in [-0.4, -0.2) is 46.4 Å². The van der Waals surface area contributed by atoms with E-state index < -0.39 is 36.2 Å². The predicted molar refractivity (Wildman–Crippen MR) is 55.1 cm³/mol. The second-order valence-corrected chi connectivity index (χ2v) is 4.00. The third kappa shape index (κ3) is 2.28. The number of aliphatic hydroxyl groups is 1. The number of carbonyl (C=O) groups is 2. The molecule has 0 radical (unpaired) electrons. The van der Waals surface area contributed by atoms with Crippen LogP contribution in [0.3, 0.4) is 0 Å². The number of rotatable bonds is 3. The Balaban J connectivity index is 2.77. The molecule has 5 nitrogen and oxygen atoms in total. The summed E-state index contributed by atoms with van der Waals surface area (Å²) in [6.07, 6.45) is 0.266. The monoisotopic (exact) mass is 248 g/mol. The van der Waals surface area contributed by atoms with Gasteiger partial charge in [-0.15, -0.1) is 0 Å². The first-order valence-corrected chi connectivity index (χ1v) is 5.06. The minimum absolute atomic E-state index is 0.0653. The standard InChI is InChI=1S/C10H14F2N2O3/c1-2-7(15)14-5-3-9(17,4-6-14)10(11,12)8(13)16/h2,17H,1,3-6H2,(H2,13,16). The average Bonchev–Trinajstić information content (AvgIpc) is 2.28. The van der Waals surface area contributed by atoms with Crippen molar-refractivity contribution < 1.29 is 23.5 Å². The number of hydrogen-bond acceptors (Lipinski definition) is 3. The van der Waals surface area contributed by atoms with Gasteiger partial charge in [-0.1, -0.05) is 6.58 Å². The summed E-state index contributed by atoms with van der Waals surface area (Å²) in [7, 11) is 0. The van der Waals surface area contributed by atoms with Crippen molar-refractivity contribution in [3.05, 3.63) is 12.7 Å². The smallest absolute Gasteiger partial charge is 0.352 e. The van der Waals surface area contributed by atoms with Crippen molar-refractivity contribution in [3.8, 4) is 0 Å². The van der Waals surface area contributed by atoms with Gasteiger partial charge in [0.25, 0.3) is 5.91 Å². The molecule has 0 atom stereocenters. The first kappa shape index (κ1) is 13.6. The number of halogens is 2. The van der Waals surface area contributed by atoms with Gasteiger partial charge in [-0.3, -0.25) is 9.59 Å². The lowest BCUT2D eigenvalue weighted by molar-refractivity contribution is -0.202. The van der Waals surface area contributed by atoms with Crippen LogP contribution in [0.1, 0.15) is 12.8 Å². The van der Waals surface area contributed by atoms with Gasteiger partial charge in [-0.05, 0) is 6.08 Å². The molecule has 0 aliphatic carbocycles. The topological polar surface area (TPSA) is 83.6 Å². The summed E-state index contributed by atoms with van der Waals surface area (Å²) in [6.45, 7) is 3.14. The maximum atomic E-state index is 13.4. The molecule has 0 saturated carbocycles. The van der Waals surface area contributed by atoms with E-state index in [0.29, 0.717) is 0 Å². The first-order chi connectivity index (χ1) is 7.74. The molecule has 1 aliphatic rings. The fourth-order valence-corrected chi connectivity index (χ4v) is 1.77. The molecular weight excluding hydrogens is 234 g/mol. The Morgan fingerprint density at radius 1 is 1.41 bits per heavy atom. The zero-order valence-corrected chi connectivity index (χ0v) is 9.16. The highest BCUT2D eigenvalue weighted by Gasteiger charge is 2.58. The molecule has 0 aromatic rings. The van der Waals surface area contributed by atoms with E-state index in [1.807, 2.05) is 0 Å². The molecule has 3 N–H and O–H groups in total. The SMILES string of the molecule is C=CC(=O)N1CCC(O)(C(F)(F)C(N)=O)CC1. The van der Waals surface area contributed by atoms with Crippen molar-refractivity contribution in [2.24, 2.45) is 5.73 Å². The van der Waals surface area contributed by atoms with E-state index in [2.05, 4.69) is 12.3 Å². The van der Waals surface area contributed by atoms with Crippen LogP contribution < -0.4 is 5.73 Å². The molecule has 0 unspecified atom stereocenters. The Bertz CT molecular complexity index is 349. The molecule has 17 heavy (non-hydrogen) atoms. The van der Waals surface area contributed by atoms with E-state index in [1.165, 1.54) is 4.90 Å². The van der Waals surface area contributed by atoms with Crippen LogP contribution >= 0.6 is 0 Å². The number of alkyl halides is 2. The van der Waals surface area contributed by atoms with E-state index in [-0.39, 0.29) is 13.1 Å². The number of carbonyl (C=O) groups excluding carboxylic acids is 2. The number of nitrogens with two attached hydrogens (primary N) is 1. The quantitative estimate of drug-likeness (QED) is 0.669. The summed E-state index contributed by atoms with van der Waals surface area (Å²) in [5, 5.41) is 9.73. The van der Waals surface area contributed by atoms with Gasteiger partial charge in [0.2, 0.25) is 5.91 Å². The minimum Gasteiger partial charge on any atom is -0.383 e. The van der Waals surface area contributed by atoms with E-state index in [1.54, 1.807) is 0 Å². The molecule has 96 valence electrons. The van der Waals surface area contributed by atoms with Gasteiger partial charge in [-0.25, -0.2) is 0 Å². The lowest BCUT2D eigenvalue weighted by Gasteiger charge is -2.40. The zero-order chi connectivity index (χ0) is 13.3. The van der Waals surface area contributed by atoms with Gasteiger partial charge in [0, 0.05) is 25.9 Å². The highest BCUT2D eigenvalue weighted by Crippen LogP contribution is 2.37. The van der Waals surface area contributed by atoms with Crippen molar-refractivity contribution in [1.29, 1.82) is 0 Å². The molecule has 1 aliphatic heterocycles. The molecule has 0 spiro atoms. The van der Waals surface area contributed by atoms with Crippen LogP contribution in [0.4, 0.5) is 8.78 Å². The fraction of sp³-hybridized carbons (Fsp3) is 0.600. The molecule has 7 heteroatoms. The molecule has 1 saturated heterocycles. The van der Waals surface area contributed by atoms with Gasteiger partial charge in [0.1, 0.15) is 5.60 Å². The Morgan fingerprint density at radius 3 is 2.24 bits per heavy atom. The molecule has 0 aromatic carbocycles. The summed E-state index contributed by atoms with van der Waals surface area (Å²) < 4.78 is 26.8. The minimum atomic E-state index is -3.99. The zero-order valence-electron chi connectivity index (χ0n) is 9.16. The summed E-state index contributed by atoms with van der Waals surface area (Å²) in [5.74, 6) is -6.24. The van der Waals surface area contributed by atoms with E-state index in [4.69, 9.17) is 0 Å². The second-order valence-electron chi connectivity index (χ2n) is 4.00. The highest BCUT2D eigenvalue weighted by molar-refractivity contribution is 5.87. The number of likely N-dealkylation sites (tertiary alicyclic amines) is 1. The third-order valence-corrected chi connectivity index (χ3v) is 2.97. The van der Waals surface area contributed by atoms with Crippen LogP contribution in [-0.2, 0) is 9.59 Å². The van der Waals surface area contributed by atoms with Gasteiger partial charge >= 0.3 is 5.92 Å². The second kappa shape index (κ2) is 4.40. The lowest BCUT2D eigenvalue weighted by Crippen LogP contribution is -2.60. The van der Waals surface area contributed by atoms with Crippen molar-refractivity contribution >= 4 is 11.8 Å². The largest absolute Gasteiger partial charge is 0.383 e. The summed E-state index contributed by atoms with van der Waals surface area (Å²) in [5.41, 5.74) is 2.09. The van der Waals surface area contributed by atoms with Crippen LogP contribution in [0.15, 0.2) is 12.7 Å². The Labute approximate surface area is 96.9 Å². The predicted octanol–water partition coefficient (Wildman–Crippen LogP) is -0.354. The maximum absolute atomic E-state index is 13.4. The number of amides is 2. The summed E-state index contributed by atoms with van der Waals surface area (Å²) in [4.78, 5) is 23.1. The molecule has 1 fully saturated rings. The number of primary amides is 1. The Morgan fingerprint density at radius 2 is 1.88 bits per heavy atom. The molecule has 0 bridgehead atoms.